The topological polar surface area (TPSA) is 37.7 Å². The van der Waals surface area contributed by atoms with Gasteiger partial charge in [0.2, 0.25) is 0 Å². The zero-order valence-corrected chi connectivity index (χ0v) is 11.9. The first-order valence-corrected chi connectivity index (χ1v) is 7.39. The van der Waals surface area contributed by atoms with E-state index in [0.29, 0.717) is 6.61 Å². The lowest BCUT2D eigenvalue weighted by Gasteiger charge is -2.25. The van der Waals surface area contributed by atoms with Crippen LogP contribution in [0.15, 0.2) is 35.8 Å². The van der Waals surface area contributed by atoms with Crippen LogP contribution in [0.5, 0.6) is 0 Å². The summed E-state index contributed by atoms with van der Waals surface area (Å²) < 4.78 is 0. The Hall–Kier alpha value is -1.68. The molecule has 2 heterocycles. The van der Waals surface area contributed by atoms with E-state index >= 15 is 0 Å². The van der Waals surface area contributed by atoms with Crippen LogP contribution < -0.4 is 0 Å². The van der Waals surface area contributed by atoms with E-state index < -0.39 is 0 Å². The number of aromatic nitrogens is 1. The van der Waals surface area contributed by atoms with Gasteiger partial charge in [-0.1, -0.05) is 23.7 Å². The number of rotatable bonds is 7. The van der Waals surface area contributed by atoms with Crippen molar-refractivity contribution >= 4 is 12.3 Å². The molecule has 0 aromatic carbocycles. The Balaban J connectivity index is 1.52. The smallest absolute Gasteiger partial charge is 0.118 e. The molecule has 0 saturated carbocycles. The van der Waals surface area contributed by atoms with E-state index in [4.69, 9.17) is 4.84 Å². The van der Waals surface area contributed by atoms with Gasteiger partial charge >= 0.3 is 0 Å². The van der Waals surface area contributed by atoms with Crippen LogP contribution in [0, 0.1) is 0 Å². The van der Waals surface area contributed by atoms with E-state index in [1.165, 1.54) is 32.4 Å². The molecule has 4 heteroatoms. The van der Waals surface area contributed by atoms with Gasteiger partial charge < -0.3 is 9.74 Å². The quantitative estimate of drug-likeness (QED) is 0.435. The minimum Gasteiger partial charge on any atom is -0.396 e. The van der Waals surface area contributed by atoms with Crippen LogP contribution in [-0.4, -0.2) is 42.3 Å². The standard InChI is InChI=1S/C16H23N3O/c1-2-11-19(12-3-1)13-6-14-20-18-10-5-8-16-7-4-9-17-15-16/h4-5,7-10,15H,1-3,6,11-14H2/b8-5+,18-10+. The first kappa shape index (κ1) is 14.7. The fourth-order valence-corrected chi connectivity index (χ4v) is 2.30. The molecule has 0 spiro atoms. The van der Waals surface area contributed by atoms with Crippen LogP contribution in [0.1, 0.15) is 31.2 Å². The predicted molar refractivity (Wildman–Crippen MR) is 82.6 cm³/mol. The maximum Gasteiger partial charge on any atom is 0.118 e. The molecule has 0 bridgehead atoms. The molecule has 1 fully saturated rings. The predicted octanol–water partition coefficient (Wildman–Crippen LogP) is 2.97. The highest BCUT2D eigenvalue weighted by atomic mass is 16.6. The van der Waals surface area contributed by atoms with Gasteiger partial charge in [0.05, 0.1) is 6.21 Å². The number of hydrogen-bond acceptors (Lipinski definition) is 4. The van der Waals surface area contributed by atoms with Gasteiger partial charge in [0.25, 0.3) is 0 Å². The highest BCUT2D eigenvalue weighted by Gasteiger charge is 2.08. The maximum absolute atomic E-state index is 5.24. The van der Waals surface area contributed by atoms with Gasteiger partial charge in [0.15, 0.2) is 0 Å². The first-order chi connectivity index (χ1) is 9.95. The second-order valence-corrected chi connectivity index (χ2v) is 4.99. The summed E-state index contributed by atoms with van der Waals surface area (Å²) in [6.07, 6.45) is 14.2. The average molecular weight is 273 g/mol. The van der Waals surface area contributed by atoms with Crippen LogP contribution >= 0.6 is 0 Å². The third-order valence-corrected chi connectivity index (χ3v) is 3.35. The van der Waals surface area contributed by atoms with Crippen LogP contribution in [0.4, 0.5) is 0 Å². The molecule has 1 aliphatic rings. The molecule has 0 aliphatic carbocycles. The maximum atomic E-state index is 5.24. The van der Waals surface area contributed by atoms with E-state index in [1.807, 2.05) is 30.5 Å². The van der Waals surface area contributed by atoms with Gasteiger partial charge in [-0.3, -0.25) is 4.98 Å². The van der Waals surface area contributed by atoms with E-state index in [0.717, 1.165) is 18.5 Å². The molecular formula is C16H23N3O. The van der Waals surface area contributed by atoms with Gasteiger partial charge in [-0.2, -0.15) is 0 Å². The highest BCUT2D eigenvalue weighted by molar-refractivity contribution is 5.77. The number of hydrogen-bond donors (Lipinski definition) is 0. The molecule has 0 atom stereocenters. The molecule has 2 rings (SSSR count). The van der Waals surface area contributed by atoms with E-state index in [-0.39, 0.29) is 0 Å². The molecule has 4 nitrogen and oxygen atoms in total. The van der Waals surface area contributed by atoms with Crippen LogP contribution in [-0.2, 0) is 4.84 Å². The average Bonchev–Trinajstić information content (AvgIpc) is 2.52. The first-order valence-electron chi connectivity index (χ1n) is 7.39. The van der Waals surface area contributed by atoms with Gasteiger partial charge in [0.1, 0.15) is 6.61 Å². The number of allylic oxidation sites excluding steroid dienone is 1. The third kappa shape index (κ3) is 5.97. The van der Waals surface area contributed by atoms with Crippen molar-refractivity contribution < 1.29 is 4.84 Å². The molecule has 0 N–H and O–H groups in total. The zero-order chi connectivity index (χ0) is 13.9. The van der Waals surface area contributed by atoms with Crippen molar-refractivity contribution in [1.29, 1.82) is 0 Å². The lowest BCUT2D eigenvalue weighted by Crippen LogP contribution is -2.31. The van der Waals surface area contributed by atoms with Gasteiger partial charge in [-0.15, -0.1) is 0 Å². The van der Waals surface area contributed by atoms with Crippen molar-refractivity contribution in [2.24, 2.45) is 5.16 Å². The Bertz CT molecular complexity index is 411. The van der Waals surface area contributed by atoms with Crippen molar-refractivity contribution in [3.63, 3.8) is 0 Å². The number of likely N-dealkylation sites (tertiary alicyclic amines) is 1. The Kier molecular flexibility index (Phi) is 6.82. The molecular weight excluding hydrogens is 250 g/mol. The molecule has 0 amide bonds. The molecule has 1 saturated heterocycles. The lowest BCUT2D eigenvalue weighted by molar-refractivity contribution is 0.125. The Morgan fingerprint density at radius 2 is 2.20 bits per heavy atom. The number of nitrogens with zero attached hydrogens (tertiary/aromatic N) is 3. The third-order valence-electron chi connectivity index (χ3n) is 3.35. The van der Waals surface area contributed by atoms with E-state index in [9.17, 15) is 0 Å². The molecule has 1 aliphatic heterocycles. The minimum atomic E-state index is 0.688. The van der Waals surface area contributed by atoms with Gasteiger partial charge in [0, 0.05) is 18.9 Å². The Labute approximate surface area is 121 Å². The lowest BCUT2D eigenvalue weighted by atomic mass is 10.1. The largest absolute Gasteiger partial charge is 0.396 e. The molecule has 1 aromatic rings. The van der Waals surface area contributed by atoms with Crippen molar-refractivity contribution in [2.45, 2.75) is 25.7 Å². The summed E-state index contributed by atoms with van der Waals surface area (Å²) in [7, 11) is 0. The fraction of sp³-hybridized carbons (Fsp3) is 0.500. The molecule has 1 aromatic heterocycles. The summed E-state index contributed by atoms with van der Waals surface area (Å²) in [5.74, 6) is 0. The number of piperidine rings is 1. The SMILES string of the molecule is C(=C\c1cccnc1)/C=N/OCCCN1CCCCC1. The number of pyridine rings is 1. The minimum absolute atomic E-state index is 0.688. The summed E-state index contributed by atoms with van der Waals surface area (Å²) in [5.41, 5.74) is 1.06. The van der Waals surface area contributed by atoms with E-state index in [1.54, 1.807) is 12.4 Å². The molecule has 0 unspecified atom stereocenters. The van der Waals surface area contributed by atoms with Gasteiger partial charge in [-0.25, -0.2) is 0 Å². The second kappa shape index (κ2) is 9.26. The summed E-state index contributed by atoms with van der Waals surface area (Å²) in [6.45, 7) is 4.31. The molecule has 0 radical (unpaired) electrons. The van der Waals surface area contributed by atoms with Gasteiger partial charge in [-0.05, 0) is 50.1 Å². The monoisotopic (exact) mass is 273 g/mol. The zero-order valence-electron chi connectivity index (χ0n) is 11.9. The second-order valence-electron chi connectivity index (χ2n) is 4.99. The van der Waals surface area contributed by atoms with Crippen molar-refractivity contribution in [3.8, 4) is 0 Å². The van der Waals surface area contributed by atoms with Crippen LogP contribution in [0.2, 0.25) is 0 Å². The van der Waals surface area contributed by atoms with Crippen molar-refractivity contribution in [2.75, 3.05) is 26.2 Å². The summed E-state index contributed by atoms with van der Waals surface area (Å²) >= 11 is 0. The molecule has 20 heavy (non-hydrogen) atoms. The summed E-state index contributed by atoms with van der Waals surface area (Å²) in [4.78, 5) is 11.8. The van der Waals surface area contributed by atoms with Crippen molar-refractivity contribution in [3.05, 3.63) is 36.2 Å². The Morgan fingerprint density at radius 3 is 3.00 bits per heavy atom. The number of oxime groups is 1. The fourth-order valence-electron chi connectivity index (χ4n) is 2.30. The summed E-state index contributed by atoms with van der Waals surface area (Å²) in [6, 6.07) is 3.91. The van der Waals surface area contributed by atoms with E-state index in [2.05, 4.69) is 15.0 Å². The highest BCUT2D eigenvalue weighted by Crippen LogP contribution is 2.08. The summed E-state index contributed by atoms with van der Waals surface area (Å²) in [5, 5.41) is 3.92. The van der Waals surface area contributed by atoms with Crippen molar-refractivity contribution in [1.82, 2.24) is 9.88 Å². The Morgan fingerprint density at radius 1 is 1.30 bits per heavy atom. The normalized spacial score (nSPS) is 17.0. The van der Waals surface area contributed by atoms with Crippen LogP contribution in [0.25, 0.3) is 6.08 Å². The molecule has 108 valence electrons. The van der Waals surface area contributed by atoms with Crippen LogP contribution in [0.3, 0.4) is 0 Å².